The molecule has 0 heterocycles. The van der Waals surface area contributed by atoms with E-state index in [-0.39, 0.29) is 5.91 Å². The van der Waals surface area contributed by atoms with Gasteiger partial charge >= 0.3 is 0 Å². The van der Waals surface area contributed by atoms with Gasteiger partial charge in [0.15, 0.2) is 0 Å². The van der Waals surface area contributed by atoms with Gasteiger partial charge in [-0.05, 0) is 42.8 Å². The first-order valence-electron chi connectivity index (χ1n) is 6.17. The zero-order valence-corrected chi connectivity index (χ0v) is 11.4. The van der Waals surface area contributed by atoms with Crippen LogP contribution < -0.4 is 10.6 Å². The van der Waals surface area contributed by atoms with Gasteiger partial charge in [0.2, 0.25) is 0 Å². The standard InChI is InChI=1S/C16H15N3O/c1-11-6-7-13(18)9-15(11)16(20)19(2)14-5-3-4-12(8-14)10-17/h3-9H,18H2,1-2H3. The Hall–Kier alpha value is -2.80. The van der Waals surface area contributed by atoms with E-state index in [1.54, 1.807) is 43.4 Å². The number of nitriles is 1. The molecular formula is C16H15N3O. The maximum absolute atomic E-state index is 12.5. The predicted molar refractivity (Wildman–Crippen MR) is 79.5 cm³/mol. The highest BCUT2D eigenvalue weighted by Crippen LogP contribution is 2.20. The minimum absolute atomic E-state index is 0.148. The summed E-state index contributed by atoms with van der Waals surface area (Å²) < 4.78 is 0. The topological polar surface area (TPSA) is 70.1 Å². The van der Waals surface area contributed by atoms with Crippen molar-refractivity contribution in [1.29, 1.82) is 5.26 Å². The number of rotatable bonds is 2. The lowest BCUT2D eigenvalue weighted by Crippen LogP contribution is -2.27. The molecule has 0 fully saturated rings. The number of carbonyl (C=O) groups excluding carboxylic acids is 1. The molecule has 2 aromatic carbocycles. The van der Waals surface area contributed by atoms with Crippen LogP contribution in [0.15, 0.2) is 42.5 Å². The number of benzene rings is 2. The highest BCUT2D eigenvalue weighted by atomic mass is 16.2. The normalized spacial score (nSPS) is 9.85. The van der Waals surface area contributed by atoms with Crippen molar-refractivity contribution in [1.82, 2.24) is 0 Å². The molecule has 0 aliphatic rings. The van der Waals surface area contributed by atoms with Gasteiger partial charge in [-0.2, -0.15) is 5.26 Å². The van der Waals surface area contributed by atoms with Gasteiger partial charge in [0.25, 0.3) is 5.91 Å². The Bertz CT molecular complexity index is 701. The van der Waals surface area contributed by atoms with Gasteiger partial charge < -0.3 is 10.6 Å². The Morgan fingerprint density at radius 1 is 1.25 bits per heavy atom. The number of aryl methyl sites for hydroxylation is 1. The molecule has 0 unspecified atom stereocenters. The molecule has 0 saturated heterocycles. The van der Waals surface area contributed by atoms with E-state index >= 15 is 0 Å². The zero-order valence-electron chi connectivity index (χ0n) is 11.4. The second-order valence-corrected chi connectivity index (χ2v) is 4.60. The second kappa shape index (κ2) is 5.45. The Labute approximate surface area is 118 Å². The monoisotopic (exact) mass is 265 g/mol. The molecule has 0 atom stereocenters. The molecule has 20 heavy (non-hydrogen) atoms. The lowest BCUT2D eigenvalue weighted by Gasteiger charge is -2.19. The molecule has 100 valence electrons. The van der Waals surface area contributed by atoms with E-state index in [0.717, 1.165) is 5.56 Å². The first-order valence-corrected chi connectivity index (χ1v) is 6.17. The van der Waals surface area contributed by atoms with Crippen LogP contribution in [-0.2, 0) is 0 Å². The molecule has 2 aromatic rings. The quantitative estimate of drug-likeness (QED) is 0.849. The number of anilines is 2. The first kappa shape index (κ1) is 13.6. The van der Waals surface area contributed by atoms with E-state index in [4.69, 9.17) is 11.0 Å². The van der Waals surface area contributed by atoms with Gasteiger partial charge in [-0.1, -0.05) is 12.1 Å². The molecule has 0 aliphatic carbocycles. The predicted octanol–water partition coefficient (Wildman–Crippen LogP) is 2.73. The van der Waals surface area contributed by atoms with Gasteiger partial charge in [0.05, 0.1) is 11.6 Å². The molecule has 4 heteroatoms. The van der Waals surface area contributed by atoms with Crippen molar-refractivity contribution in [3.05, 3.63) is 59.2 Å². The van der Waals surface area contributed by atoms with Crippen molar-refractivity contribution in [3.63, 3.8) is 0 Å². The molecule has 0 spiro atoms. The summed E-state index contributed by atoms with van der Waals surface area (Å²) in [7, 11) is 1.68. The molecular weight excluding hydrogens is 250 g/mol. The van der Waals surface area contributed by atoms with Crippen LogP contribution in [0.25, 0.3) is 0 Å². The summed E-state index contributed by atoms with van der Waals surface area (Å²) in [6, 6.07) is 14.2. The fourth-order valence-corrected chi connectivity index (χ4v) is 1.95. The molecule has 2 N–H and O–H groups in total. The highest BCUT2D eigenvalue weighted by Gasteiger charge is 2.16. The third-order valence-corrected chi connectivity index (χ3v) is 3.16. The van der Waals surface area contributed by atoms with Crippen molar-refractivity contribution in [2.24, 2.45) is 0 Å². The summed E-state index contributed by atoms with van der Waals surface area (Å²) in [5.74, 6) is -0.148. The Morgan fingerprint density at radius 2 is 2.00 bits per heavy atom. The molecule has 1 amide bonds. The largest absolute Gasteiger partial charge is 0.399 e. The minimum atomic E-state index is -0.148. The third kappa shape index (κ3) is 2.62. The van der Waals surface area contributed by atoms with Gasteiger partial charge in [0.1, 0.15) is 0 Å². The van der Waals surface area contributed by atoms with Crippen molar-refractivity contribution in [2.45, 2.75) is 6.92 Å². The van der Waals surface area contributed by atoms with Crippen molar-refractivity contribution < 1.29 is 4.79 Å². The lowest BCUT2D eigenvalue weighted by molar-refractivity contribution is 0.0992. The van der Waals surface area contributed by atoms with Crippen LogP contribution in [0, 0.1) is 18.3 Å². The van der Waals surface area contributed by atoms with Crippen LogP contribution in [0.5, 0.6) is 0 Å². The zero-order chi connectivity index (χ0) is 14.7. The van der Waals surface area contributed by atoms with E-state index in [1.165, 1.54) is 4.90 Å². The van der Waals surface area contributed by atoms with Gasteiger partial charge in [-0.25, -0.2) is 0 Å². The second-order valence-electron chi connectivity index (χ2n) is 4.60. The number of hydrogen-bond donors (Lipinski definition) is 1. The van der Waals surface area contributed by atoms with Crippen LogP contribution in [0.1, 0.15) is 21.5 Å². The molecule has 2 rings (SSSR count). The van der Waals surface area contributed by atoms with E-state index < -0.39 is 0 Å². The number of hydrogen-bond acceptors (Lipinski definition) is 3. The van der Waals surface area contributed by atoms with Gasteiger partial charge in [-0.15, -0.1) is 0 Å². The highest BCUT2D eigenvalue weighted by molar-refractivity contribution is 6.07. The summed E-state index contributed by atoms with van der Waals surface area (Å²) in [5.41, 5.74) is 8.92. The van der Waals surface area contributed by atoms with Gasteiger partial charge in [0, 0.05) is 24.0 Å². The average Bonchev–Trinajstić information content (AvgIpc) is 2.48. The van der Waals surface area contributed by atoms with Crippen molar-refractivity contribution in [2.75, 3.05) is 17.7 Å². The summed E-state index contributed by atoms with van der Waals surface area (Å²) in [5, 5.41) is 8.91. The summed E-state index contributed by atoms with van der Waals surface area (Å²) >= 11 is 0. The fraction of sp³-hybridized carbons (Fsp3) is 0.125. The summed E-state index contributed by atoms with van der Waals surface area (Å²) in [6.45, 7) is 1.87. The van der Waals surface area contributed by atoms with E-state index in [0.29, 0.717) is 22.5 Å². The van der Waals surface area contributed by atoms with E-state index in [2.05, 4.69) is 6.07 Å². The maximum Gasteiger partial charge on any atom is 0.258 e. The maximum atomic E-state index is 12.5. The number of carbonyl (C=O) groups is 1. The van der Waals surface area contributed by atoms with Crippen molar-refractivity contribution in [3.8, 4) is 6.07 Å². The van der Waals surface area contributed by atoms with Crippen LogP contribution in [0.2, 0.25) is 0 Å². The molecule has 0 saturated carbocycles. The smallest absolute Gasteiger partial charge is 0.258 e. The summed E-state index contributed by atoms with van der Waals surface area (Å²) in [6.07, 6.45) is 0. The number of nitrogens with two attached hydrogens (primary N) is 1. The number of amides is 1. The minimum Gasteiger partial charge on any atom is -0.399 e. The van der Waals surface area contributed by atoms with Gasteiger partial charge in [-0.3, -0.25) is 4.79 Å². The average molecular weight is 265 g/mol. The fourth-order valence-electron chi connectivity index (χ4n) is 1.95. The molecule has 0 radical (unpaired) electrons. The Kier molecular flexibility index (Phi) is 3.72. The lowest BCUT2D eigenvalue weighted by atomic mass is 10.1. The van der Waals surface area contributed by atoms with Crippen LogP contribution in [0.4, 0.5) is 11.4 Å². The molecule has 0 bridgehead atoms. The first-order chi connectivity index (χ1) is 9.52. The van der Waals surface area contributed by atoms with Crippen LogP contribution >= 0.6 is 0 Å². The molecule has 0 aromatic heterocycles. The number of nitrogen functional groups attached to an aromatic ring is 1. The van der Waals surface area contributed by atoms with Crippen LogP contribution in [0.3, 0.4) is 0 Å². The van der Waals surface area contributed by atoms with E-state index in [1.807, 2.05) is 13.0 Å². The molecule has 0 aliphatic heterocycles. The Balaban J connectivity index is 2.37. The summed E-state index contributed by atoms with van der Waals surface area (Å²) in [4.78, 5) is 14.0. The molecule has 4 nitrogen and oxygen atoms in total. The van der Waals surface area contributed by atoms with E-state index in [9.17, 15) is 4.79 Å². The Morgan fingerprint density at radius 3 is 2.70 bits per heavy atom. The SMILES string of the molecule is Cc1ccc(N)cc1C(=O)N(C)c1cccc(C#N)c1. The van der Waals surface area contributed by atoms with Crippen LogP contribution in [-0.4, -0.2) is 13.0 Å². The third-order valence-electron chi connectivity index (χ3n) is 3.16. The number of nitrogens with zero attached hydrogens (tertiary/aromatic N) is 2. The van der Waals surface area contributed by atoms with Crippen molar-refractivity contribution >= 4 is 17.3 Å².